The Balaban J connectivity index is 1.54. The molecule has 1 heterocycles. The summed E-state index contributed by atoms with van der Waals surface area (Å²) in [5.74, 6) is 1.18. The van der Waals surface area contributed by atoms with Gasteiger partial charge in [0.1, 0.15) is 0 Å². The maximum absolute atomic E-state index is 11.8. The van der Waals surface area contributed by atoms with Crippen LogP contribution >= 0.6 is 0 Å². The molecule has 1 saturated carbocycles. The zero-order valence-electron chi connectivity index (χ0n) is 17.3. The molecule has 4 rings (SSSR count). The molecule has 1 aromatic carbocycles. The van der Waals surface area contributed by atoms with Gasteiger partial charge < -0.3 is 10.0 Å². The van der Waals surface area contributed by atoms with Crippen molar-refractivity contribution >= 4 is 11.5 Å². The van der Waals surface area contributed by atoms with Gasteiger partial charge in [0.2, 0.25) is 5.91 Å². The third kappa shape index (κ3) is 4.04. The lowest BCUT2D eigenvalue weighted by Gasteiger charge is -2.56. The smallest absolute Gasteiger partial charge is 0.219 e. The van der Waals surface area contributed by atoms with E-state index in [1.54, 1.807) is 6.92 Å². The summed E-state index contributed by atoms with van der Waals surface area (Å²) in [6.07, 6.45) is 9.98. The number of benzene rings is 1. The Morgan fingerprint density at radius 1 is 1.18 bits per heavy atom. The van der Waals surface area contributed by atoms with Gasteiger partial charge in [0.25, 0.3) is 0 Å². The van der Waals surface area contributed by atoms with Crippen LogP contribution in [0.25, 0.3) is 5.57 Å². The second-order valence-corrected chi connectivity index (χ2v) is 8.98. The van der Waals surface area contributed by atoms with Crippen molar-refractivity contribution in [2.45, 2.75) is 63.5 Å². The van der Waals surface area contributed by atoms with Gasteiger partial charge in [-0.3, -0.25) is 9.69 Å². The highest BCUT2D eigenvalue weighted by atomic mass is 16.3. The van der Waals surface area contributed by atoms with Gasteiger partial charge in [-0.15, -0.1) is 0 Å². The van der Waals surface area contributed by atoms with E-state index in [0.29, 0.717) is 12.0 Å². The molecular weight excluding hydrogens is 348 g/mol. The molecule has 4 nitrogen and oxygen atoms in total. The Bertz CT molecular complexity index is 723. The molecule has 2 aliphatic carbocycles. The fourth-order valence-electron chi connectivity index (χ4n) is 4.99. The number of carbonyl (C=O) groups is 1. The van der Waals surface area contributed by atoms with Crippen molar-refractivity contribution in [2.75, 3.05) is 26.7 Å². The van der Waals surface area contributed by atoms with Crippen molar-refractivity contribution in [1.82, 2.24) is 9.80 Å². The molecule has 1 saturated heterocycles. The Hall–Kier alpha value is -1.65. The summed E-state index contributed by atoms with van der Waals surface area (Å²) in [5, 5.41) is 10.1. The van der Waals surface area contributed by atoms with E-state index >= 15 is 0 Å². The van der Waals surface area contributed by atoms with Crippen molar-refractivity contribution in [1.29, 1.82) is 0 Å². The predicted molar refractivity (Wildman–Crippen MR) is 113 cm³/mol. The summed E-state index contributed by atoms with van der Waals surface area (Å²) in [6.45, 7) is 3.61. The number of carbonyl (C=O) groups excluding carboxylic acids is 1. The number of hydrogen-bond acceptors (Lipinski definition) is 3. The van der Waals surface area contributed by atoms with Gasteiger partial charge in [-0.2, -0.15) is 0 Å². The first-order valence-electron chi connectivity index (χ1n) is 11.0. The van der Waals surface area contributed by atoms with Gasteiger partial charge in [0, 0.05) is 45.1 Å². The predicted octanol–water partition coefficient (Wildman–Crippen LogP) is 3.66. The number of aliphatic hydroxyl groups excluding tert-OH is 1. The standard InChI is InChI=1S/C24H34N2O2/c1-17(28)25(2)15-22-24(23(16-27)26(22)14-18-8-9-18)21-12-10-20(11-13-21)19-6-4-3-5-7-19/h6,10-13,18,22-24,27H,3-5,7-9,14-16H2,1-2H3/t22-,23-,24-/m0/s1. The molecule has 3 aliphatic rings. The Labute approximate surface area is 169 Å². The lowest BCUT2D eigenvalue weighted by atomic mass is 9.74. The summed E-state index contributed by atoms with van der Waals surface area (Å²) < 4.78 is 0. The van der Waals surface area contributed by atoms with Crippen molar-refractivity contribution in [3.63, 3.8) is 0 Å². The Morgan fingerprint density at radius 2 is 1.93 bits per heavy atom. The van der Waals surface area contributed by atoms with Crippen LogP contribution in [0.1, 0.15) is 62.5 Å². The molecule has 0 bridgehead atoms. The van der Waals surface area contributed by atoms with Crippen molar-refractivity contribution in [3.05, 3.63) is 41.5 Å². The van der Waals surface area contributed by atoms with Gasteiger partial charge >= 0.3 is 0 Å². The van der Waals surface area contributed by atoms with E-state index in [1.165, 1.54) is 55.2 Å². The number of likely N-dealkylation sites (N-methyl/N-ethyl adjacent to an activating group) is 1. The normalized spacial score (nSPS) is 27.8. The quantitative estimate of drug-likeness (QED) is 0.783. The maximum atomic E-state index is 11.8. The van der Waals surface area contributed by atoms with Crippen LogP contribution in [0.2, 0.25) is 0 Å². The third-order valence-electron chi connectivity index (χ3n) is 6.99. The van der Waals surface area contributed by atoms with Gasteiger partial charge in [0.05, 0.1) is 6.61 Å². The summed E-state index contributed by atoms with van der Waals surface area (Å²) >= 11 is 0. The number of amides is 1. The van der Waals surface area contributed by atoms with E-state index < -0.39 is 0 Å². The summed E-state index contributed by atoms with van der Waals surface area (Å²) in [5.41, 5.74) is 4.12. The van der Waals surface area contributed by atoms with E-state index in [1.807, 2.05) is 11.9 Å². The molecule has 0 radical (unpaired) electrons. The highest BCUT2D eigenvalue weighted by Crippen LogP contribution is 2.44. The van der Waals surface area contributed by atoms with Gasteiger partial charge in [-0.05, 0) is 61.1 Å². The van der Waals surface area contributed by atoms with Crippen LogP contribution in [0.15, 0.2) is 30.3 Å². The molecule has 1 aliphatic heterocycles. The fourth-order valence-corrected chi connectivity index (χ4v) is 4.99. The van der Waals surface area contributed by atoms with Crippen LogP contribution in [0.4, 0.5) is 0 Å². The average Bonchev–Trinajstić information content (AvgIpc) is 3.53. The fraction of sp³-hybridized carbons (Fsp3) is 0.625. The van der Waals surface area contributed by atoms with Crippen molar-refractivity contribution < 1.29 is 9.90 Å². The molecule has 152 valence electrons. The molecule has 2 fully saturated rings. The molecular formula is C24H34N2O2. The minimum Gasteiger partial charge on any atom is -0.395 e. The van der Waals surface area contributed by atoms with Gasteiger partial charge in [-0.1, -0.05) is 30.3 Å². The van der Waals surface area contributed by atoms with Crippen molar-refractivity contribution in [3.8, 4) is 0 Å². The number of nitrogens with zero attached hydrogens (tertiary/aromatic N) is 2. The zero-order chi connectivity index (χ0) is 19.7. The molecule has 28 heavy (non-hydrogen) atoms. The van der Waals surface area contributed by atoms with Crippen molar-refractivity contribution in [2.24, 2.45) is 5.92 Å². The van der Waals surface area contributed by atoms with Crippen LogP contribution < -0.4 is 0 Å². The highest BCUT2D eigenvalue weighted by molar-refractivity contribution is 5.73. The van der Waals surface area contributed by atoms with Gasteiger partial charge in [-0.25, -0.2) is 0 Å². The number of rotatable bonds is 7. The van der Waals surface area contributed by atoms with Crippen LogP contribution in [-0.2, 0) is 4.79 Å². The second-order valence-electron chi connectivity index (χ2n) is 8.98. The van der Waals surface area contributed by atoms with Crippen LogP contribution in [0, 0.1) is 5.92 Å². The second kappa shape index (κ2) is 8.38. The molecule has 1 aromatic rings. The van der Waals surface area contributed by atoms with E-state index in [4.69, 9.17) is 0 Å². The molecule has 0 aromatic heterocycles. The molecule has 1 amide bonds. The first kappa shape index (κ1) is 19.7. The van der Waals surface area contributed by atoms with E-state index in [2.05, 4.69) is 35.2 Å². The average molecular weight is 383 g/mol. The first-order valence-corrected chi connectivity index (χ1v) is 11.0. The number of allylic oxidation sites excluding steroid dienone is 2. The van der Waals surface area contributed by atoms with E-state index in [0.717, 1.165) is 19.0 Å². The molecule has 4 heteroatoms. The monoisotopic (exact) mass is 382 g/mol. The Kier molecular flexibility index (Phi) is 5.88. The van der Waals surface area contributed by atoms with Crippen LogP contribution in [0.5, 0.6) is 0 Å². The number of aliphatic hydroxyl groups is 1. The minimum absolute atomic E-state index is 0.108. The summed E-state index contributed by atoms with van der Waals surface area (Å²) in [4.78, 5) is 16.1. The minimum atomic E-state index is 0.108. The zero-order valence-corrected chi connectivity index (χ0v) is 17.3. The molecule has 0 spiro atoms. The first-order chi connectivity index (χ1) is 13.6. The number of likely N-dealkylation sites (tertiary alicyclic amines) is 1. The van der Waals surface area contributed by atoms with E-state index in [9.17, 15) is 9.90 Å². The summed E-state index contributed by atoms with van der Waals surface area (Å²) in [6, 6.07) is 9.50. The maximum Gasteiger partial charge on any atom is 0.219 e. The number of hydrogen-bond donors (Lipinski definition) is 1. The topological polar surface area (TPSA) is 43.8 Å². The van der Waals surface area contributed by atoms with Crippen LogP contribution in [0.3, 0.4) is 0 Å². The molecule has 0 unspecified atom stereocenters. The SMILES string of the molecule is CC(=O)N(C)C[C@H]1[C@H](c2ccc(C3=CCCCC3)cc2)[C@H](CO)N1CC1CC1. The van der Waals surface area contributed by atoms with E-state index in [-0.39, 0.29) is 18.6 Å². The lowest BCUT2D eigenvalue weighted by Crippen LogP contribution is -2.67. The largest absolute Gasteiger partial charge is 0.395 e. The van der Waals surface area contributed by atoms with Crippen LogP contribution in [-0.4, -0.2) is 59.6 Å². The summed E-state index contributed by atoms with van der Waals surface area (Å²) in [7, 11) is 1.89. The van der Waals surface area contributed by atoms with Gasteiger partial charge in [0.15, 0.2) is 0 Å². The Morgan fingerprint density at radius 3 is 2.50 bits per heavy atom. The molecule has 1 N–H and O–H groups in total. The third-order valence-corrected chi connectivity index (χ3v) is 6.99. The lowest BCUT2D eigenvalue weighted by molar-refractivity contribution is -0.131. The highest BCUT2D eigenvalue weighted by Gasteiger charge is 2.50. The molecule has 3 atom stereocenters.